The van der Waals surface area contributed by atoms with Gasteiger partial charge in [-0.2, -0.15) is 10.2 Å². The van der Waals surface area contributed by atoms with Crippen LogP contribution in [0.15, 0.2) is 93.4 Å². The average Bonchev–Trinajstić information content (AvgIpc) is 3.71. The minimum atomic E-state index is -0.812. The number of carbonyl (C=O) groups excluding carboxylic acids is 1. The van der Waals surface area contributed by atoms with Crippen molar-refractivity contribution < 1.29 is 22.8 Å². The molecular weight excluding hydrogens is 799 g/mol. The Labute approximate surface area is 351 Å². The van der Waals surface area contributed by atoms with Gasteiger partial charge in [-0.1, -0.05) is 11.2 Å². The van der Waals surface area contributed by atoms with Gasteiger partial charge in [-0.05, 0) is 113 Å². The van der Waals surface area contributed by atoms with Gasteiger partial charge >= 0.3 is 11.4 Å². The molecule has 316 valence electrons. The molecule has 3 aromatic carbocycles. The van der Waals surface area contributed by atoms with Gasteiger partial charge in [0.2, 0.25) is 0 Å². The minimum absolute atomic E-state index is 0.0439. The molecule has 0 unspecified atom stereocenters. The molecule has 0 bridgehead atoms. The number of imidazole rings is 1. The lowest BCUT2D eigenvalue weighted by Gasteiger charge is -2.35. The van der Waals surface area contributed by atoms with Crippen LogP contribution in [0.5, 0.6) is 0 Å². The third-order valence-electron chi connectivity index (χ3n) is 13.1. The molecule has 0 spiro atoms. The summed E-state index contributed by atoms with van der Waals surface area (Å²) < 4.78 is 49.3. The number of H-pyrrole nitrogens is 1. The van der Waals surface area contributed by atoms with Crippen LogP contribution in [0.25, 0.3) is 44.4 Å². The zero-order valence-corrected chi connectivity index (χ0v) is 34.4. The van der Waals surface area contributed by atoms with Crippen molar-refractivity contribution in [1.29, 1.82) is 0 Å². The van der Waals surface area contributed by atoms with E-state index in [1.54, 1.807) is 45.7 Å². The molecule has 2 aliphatic heterocycles. The number of aromatic nitrogens is 9. The van der Waals surface area contributed by atoms with Crippen molar-refractivity contribution in [2.75, 3.05) is 13.2 Å². The highest BCUT2D eigenvalue weighted by Gasteiger charge is 2.52. The van der Waals surface area contributed by atoms with Crippen LogP contribution in [-0.4, -0.2) is 73.0 Å². The van der Waals surface area contributed by atoms with Gasteiger partial charge in [0.15, 0.2) is 11.6 Å². The zero-order valence-electron chi connectivity index (χ0n) is 34.4. The first-order valence-corrected chi connectivity index (χ1v) is 20.8. The van der Waals surface area contributed by atoms with E-state index in [4.69, 9.17) is 14.4 Å². The van der Waals surface area contributed by atoms with Crippen molar-refractivity contribution in [2.24, 2.45) is 7.05 Å². The smallest absolute Gasteiger partial charge is 0.376 e. The normalized spacial score (nSPS) is 19.4. The van der Waals surface area contributed by atoms with Gasteiger partial charge in [0.05, 0.1) is 46.7 Å². The molecule has 17 heteroatoms. The number of benzene rings is 3. The lowest BCUT2D eigenvalue weighted by atomic mass is 9.83. The van der Waals surface area contributed by atoms with Crippen LogP contribution in [0, 0.1) is 11.6 Å². The molecule has 1 amide bonds. The maximum atomic E-state index is 16.0. The number of amides is 1. The molecule has 0 radical (unpaired) electrons. The SMILES string of the molecule is C[C@H]1c2c(-n3ccn(-c4ccc5c(cnn5C)c4F)c3=O)c(-c3ccc(F)cc3)nn2CCN1C(=O)c1cc2cc([C@H]3CCOC(C)(C)C3)ccc2n1C1(c2noc(=O)[nH]2)CC1. The van der Waals surface area contributed by atoms with Crippen molar-refractivity contribution >= 4 is 27.7 Å². The van der Waals surface area contributed by atoms with Crippen LogP contribution in [0.2, 0.25) is 0 Å². The summed E-state index contributed by atoms with van der Waals surface area (Å²) in [6.45, 7) is 7.32. The van der Waals surface area contributed by atoms with Gasteiger partial charge in [0.1, 0.15) is 28.4 Å². The van der Waals surface area contributed by atoms with Crippen LogP contribution < -0.4 is 11.4 Å². The Balaban J connectivity index is 1.04. The number of hydrogen-bond donors (Lipinski definition) is 1. The monoisotopic (exact) mass is 840 g/mol. The summed E-state index contributed by atoms with van der Waals surface area (Å²) >= 11 is 0. The number of ether oxygens (including phenoxy) is 1. The minimum Gasteiger partial charge on any atom is -0.376 e. The largest absolute Gasteiger partial charge is 0.438 e. The number of rotatable bonds is 7. The second-order valence-corrected chi connectivity index (χ2v) is 17.4. The Hall–Kier alpha value is -6.88. The van der Waals surface area contributed by atoms with E-state index in [1.165, 1.54) is 39.7 Å². The molecule has 2 fully saturated rings. The van der Waals surface area contributed by atoms with E-state index in [2.05, 4.69) is 47.3 Å². The molecule has 11 rings (SSSR count). The molecule has 1 saturated carbocycles. The molecular formula is C45H42F2N10O5. The molecule has 1 saturated heterocycles. The summed E-state index contributed by atoms with van der Waals surface area (Å²) in [7, 11) is 1.71. The fourth-order valence-corrected chi connectivity index (χ4v) is 9.89. The van der Waals surface area contributed by atoms with E-state index in [0.717, 1.165) is 29.3 Å². The van der Waals surface area contributed by atoms with E-state index in [9.17, 15) is 14.0 Å². The summed E-state index contributed by atoms with van der Waals surface area (Å²) in [5.74, 6) is -1.35. The molecule has 7 heterocycles. The van der Waals surface area contributed by atoms with Gasteiger partial charge in [0, 0.05) is 49.1 Å². The van der Waals surface area contributed by atoms with Gasteiger partial charge in [-0.25, -0.2) is 18.4 Å². The number of fused-ring (bicyclic) bond motifs is 3. The van der Waals surface area contributed by atoms with Gasteiger partial charge in [-0.15, -0.1) is 0 Å². The lowest BCUT2D eigenvalue weighted by Crippen LogP contribution is -2.43. The molecule has 2 atom stereocenters. The highest BCUT2D eigenvalue weighted by atomic mass is 19.1. The first kappa shape index (κ1) is 38.1. The van der Waals surface area contributed by atoms with E-state index in [0.29, 0.717) is 59.1 Å². The van der Waals surface area contributed by atoms with Crippen molar-refractivity contribution in [3.05, 3.63) is 135 Å². The molecule has 8 aromatic rings. The maximum Gasteiger partial charge on any atom is 0.438 e. The van der Waals surface area contributed by atoms with Gasteiger partial charge in [-0.3, -0.25) is 32.8 Å². The summed E-state index contributed by atoms with van der Waals surface area (Å²) in [5.41, 5.74) is 3.29. The molecule has 1 N–H and O–H groups in total. The van der Waals surface area contributed by atoms with Crippen LogP contribution in [-0.2, 0) is 23.9 Å². The molecule has 1 aliphatic carbocycles. The molecule has 15 nitrogen and oxygen atoms in total. The van der Waals surface area contributed by atoms with E-state index in [1.807, 2.05) is 17.6 Å². The second-order valence-electron chi connectivity index (χ2n) is 17.4. The van der Waals surface area contributed by atoms with E-state index < -0.39 is 34.7 Å². The maximum absolute atomic E-state index is 16.0. The Bertz CT molecular complexity index is 3230. The molecule has 62 heavy (non-hydrogen) atoms. The van der Waals surface area contributed by atoms with Crippen molar-refractivity contribution in [2.45, 2.75) is 76.1 Å². The van der Waals surface area contributed by atoms with Crippen molar-refractivity contribution in [3.63, 3.8) is 0 Å². The van der Waals surface area contributed by atoms with Gasteiger partial charge < -0.3 is 14.2 Å². The summed E-state index contributed by atoms with van der Waals surface area (Å²) in [4.78, 5) is 46.7. The fourth-order valence-electron chi connectivity index (χ4n) is 9.89. The quantitative estimate of drug-likeness (QED) is 0.186. The highest BCUT2D eigenvalue weighted by Crippen LogP contribution is 2.51. The molecule has 3 aliphatic rings. The highest BCUT2D eigenvalue weighted by molar-refractivity contribution is 6.00. The van der Waals surface area contributed by atoms with Crippen LogP contribution in [0.4, 0.5) is 8.78 Å². The predicted octanol–water partition coefficient (Wildman–Crippen LogP) is 6.71. The number of nitrogens with zero attached hydrogens (tertiary/aromatic N) is 9. The van der Waals surface area contributed by atoms with E-state index in [-0.39, 0.29) is 41.6 Å². The fraction of sp³-hybridized carbons (Fsp3) is 0.333. The number of halogens is 2. The first-order valence-electron chi connectivity index (χ1n) is 20.8. The first-order chi connectivity index (χ1) is 29.8. The number of carbonyl (C=O) groups is 1. The second kappa shape index (κ2) is 13.6. The molecule has 5 aromatic heterocycles. The topological polar surface area (TPSA) is 156 Å². The van der Waals surface area contributed by atoms with Crippen LogP contribution in [0.3, 0.4) is 0 Å². The number of hydrogen-bond acceptors (Lipinski definition) is 8. The third kappa shape index (κ3) is 5.77. The Morgan fingerprint density at radius 2 is 1.73 bits per heavy atom. The number of nitrogens with one attached hydrogen (secondary N) is 1. The Morgan fingerprint density at radius 3 is 2.47 bits per heavy atom. The van der Waals surface area contributed by atoms with Crippen LogP contribution >= 0.6 is 0 Å². The van der Waals surface area contributed by atoms with Gasteiger partial charge in [0.25, 0.3) is 5.91 Å². The predicted molar refractivity (Wildman–Crippen MR) is 224 cm³/mol. The standard InChI is InChI=1S/C45H42F2N10O5/c1-25-38-39(55-17-16-54(43(55)60)34-12-11-33-31(36(34)47)24-48-52(33)4)37(26-5-8-30(46)9-6-26)50-56(38)19-18-53(25)40(58)35-22-29-21-27(28-13-20-61-44(2,3)23-28)7-10-32(29)57(35)45(14-15-45)41-49-42(59)62-51-41/h5-12,16-17,21-22,24-25,28H,13-15,18-20,23H2,1-4H3,(H,49,51,59)/t25-,28-/m0/s1. The number of aryl methyl sites for hydroxylation is 1. The number of aromatic amines is 1. The van der Waals surface area contributed by atoms with Crippen molar-refractivity contribution in [3.8, 4) is 22.6 Å². The van der Waals surface area contributed by atoms with E-state index >= 15 is 9.18 Å². The summed E-state index contributed by atoms with van der Waals surface area (Å²) in [5, 5.41) is 14.4. The summed E-state index contributed by atoms with van der Waals surface area (Å²) in [6, 6.07) is 16.7. The Morgan fingerprint density at radius 1 is 0.952 bits per heavy atom. The third-order valence-corrected chi connectivity index (χ3v) is 13.1. The van der Waals surface area contributed by atoms with Crippen LogP contribution in [0.1, 0.15) is 86.0 Å². The lowest BCUT2D eigenvalue weighted by molar-refractivity contribution is -0.0592. The summed E-state index contributed by atoms with van der Waals surface area (Å²) in [6.07, 6.45) is 7.46. The Kier molecular flexibility index (Phi) is 8.33. The van der Waals surface area contributed by atoms with Crippen molar-refractivity contribution in [1.82, 2.24) is 48.3 Å². The average molecular weight is 841 g/mol. The zero-order chi connectivity index (χ0) is 42.8.